The van der Waals surface area contributed by atoms with Gasteiger partial charge >= 0.3 is 12.1 Å². The molecule has 0 N–H and O–H groups in total. The Morgan fingerprint density at radius 3 is 1.31 bits per heavy atom. The van der Waals surface area contributed by atoms with Gasteiger partial charge in [-0.25, -0.2) is 0 Å². The number of rotatable bonds is 2. The van der Waals surface area contributed by atoms with E-state index in [0.29, 0.717) is 0 Å². The summed E-state index contributed by atoms with van der Waals surface area (Å²) in [6.07, 6.45) is -5.73. The van der Waals surface area contributed by atoms with Gasteiger partial charge < -0.3 is 0 Å². The van der Waals surface area contributed by atoms with E-state index in [-0.39, 0.29) is 0 Å². The van der Waals surface area contributed by atoms with Gasteiger partial charge in [-0.3, -0.25) is 0 Å². The Morgan fingerprint density at radius 2 is 1.23 bits per heavy atom. The van der Waals surface area contributed by atoms with E-state index in [1.807, 2.05) is 0 Å². The van der Waals surface area contributed by atoms with Crippen LogP contribution < -0.4 is 0 Å². The number of alkyl halides is 9. The molecule has 13 heavy (non-hydrogen) atoms. The zero-order valence-electron chi connectivity index (χ0n) is 5.48. The molecular weight excluding hydrogens is 374 g/mol. The third kappa shape index (κ3) is 2.60. The number of hydrogen-bond donors (Lipinski definition) is 0. The van der Waals surface area contributed by atoms with Gasteiger partial charge in [-0.05, 0) is 0 Å². The Balaban J connectivity index is 5.04. The molecule has 0 aromatic heterocycles. The Kier molecular flexibility index (Phi) is 4.34. The monoisotopic (exact) mass is 372 g/mol. The van der Waals surface area contributed by atoms with Gasteiger partial charge in [0.2, 0.25) is 0 Å². The highest BCUT2D eigenvalue weighted by atomic mass is 79.9. The topological polar surface area (TPSA) is 0 Å². The van der Waals surface area contributed by atoms with Gasteiger partial charge in [0, 0.05) is 0 Å². The fraction of sp³-hybridized carbons (Fsp3) is 1.00. The van der Waals surface area contributed by atoms with Crippen molar-refractivity contribution in [2.45, 2.75) is 20.2 Å². The predicted molar refractivity (Wildman–Crippen MR) is 47.1 cm³/mol. The summed E-state index contributed by atoms with van der Waals surface area (Å²) in [6.45, 7) is 0. The lowest BCUT2D eigenvalue weighted by Crippen LogP contribution is -2.53. The van der Waals surface area contributed by atoms with Gasteiger partial charge in [0.05, 0.1) is 0 Å². The van der Waals surface area contributed by atoms with E-state index >= 15 is 0 Å². The van der Waals surface area contributed by atoms with E-state index in [1.54, 1.807) is 0 Å². The average molecular weight is 375 g/mol. The van der Waals surface area contributed by atoms with Gasteiger partial charge in [0.1, 0.15) is 4.84 Å². The molecule has 0 atom stereocenters. The lowest BCUT2D eigenvalue weighted by molar-refractivity contribution is -0.282. The molecule has 0 aliphatic carbocycles. The van der Waals surface area contributed by atoms with Crippen molar-refractivity contribution >= 4 is 55.1 Å². The Labute approximate surface area is 97.0 Å². The molecule has 0 nitrogen and oxygen atoms in total. The minimum absolute atomic E-state index is 1.97. The second kappa shape index (κ2) is 3.98. The van der Waals surface area contributed by atoms with Crippen LogP contribution in [0.25, 0.3) is 0 Å². The maximum Gasteiger partial charge on any atom is 0.455 e. The maximum absolute atomic E-state index is 12.6. The molecule has 80 valence electrons. The molecule has 0 bridgehead atoms. The van der Waals surface area contributed by atoms with Gasteiger partial charge in [-0.1, -0.05) is 31.9 Å². The van der Waals surface area contributed by atoms with Crippen molar-refractivity contribution < 1.29 is 22.0 Å². The summed E-state index contributed by atoms with van der Waals surface area (Å²) in [5.74, 6) is -5.08. The minimum atomic E-state index is -5.73. The highest BCUT2D eigenvalue weighted by Crippen LogP contribution is 2.55. The molecule has 0 aromatic rings. The van der Waals surface area contributed by atoms with Crippen molar-refractivity contribution in [1.29, 1.82) is 0 Å². The normalized spacial score (nSPS) is 15.2. The second-order valence-electron chi connectivity index (χ2n) is 2.00. The van der Waals surface area contributed by atoms with E-state index in [2.05, 4.69) is 31.9 Å². The molecule has 0 aromatic carbocycles. The summed E-state index contributed by atoms with van der Waals surface area (Å²) in [6, 6.07) is 0. The van der Waals surface area contributed by atoms with Crippen molar-refractivity contribution in [3.8, 4) is 0 Å². The first-order valence-electron chi connectivity index (χ1n) is 2.55. The summed E-state index contributed by atoms with van der Waals surface area (Å²) in [4.78, 5) is -1.97. The molecule has 0 radical (unpaired) electrons. The van der Waals surface area contributed by atoms with Crippen LogP contribution in [0.5, 0.6) is 0 Å². The molecule has 0 fully saturated rings. The summed E-state index contributed by atoms with van der Waals surface area (Å²) in [7, 11) is 0. The van der Waals surface area contributed by atoms with Gasteiger partial charge in [0.25, 0.3) is 0 Å². The van der Waals surface area contributed by atoms with Gasteiger partial charge in [-0.2, -0.15) is 22.0 Å². The molecular formula is C4HBr2Cl2F5. The van der Waals surface area contributed by atoms with Crippen LogP contribution in [0.3, 0.4) is 0 Å². The molecule has 0 rings (SSSR count). The minimum Gasteiger partial charge on any atom is -0.194 e. The third-order valence-electron chi connectivity index (χ3n) is 1.05. The highest BCUT2D eigenvalue weighted by molar-refractivity contribution is 9.25. The molecule has 0 aliphatic rings. The Bertz CT molecular complexity index is 189. The first-order valence-corrected chi connectivity index (χ1v) is 5.01. The van der Waals surface area contributed by atoms with Crippen LogP contribution in [0.15, 0.2) is 0 Å². The number of hydrogen-bond acceptors (Lipinski definition) is 0. The van der Waals surface area contributed by atoms with Crippen LogP contribution in [0.2, 0.25) is 0 Å². The molecule has 0 heterocycles. The van der Waals surface area contributed by atoms with Crippen LogP contribution >= 0.6 is 55.1 Å². The predicted octanol–water partition coefficient (Wildman–Crippen LogP) is 4.47. The highest BCUT2D eigenvalue weighted by Gasteiger charge is 2.70. The van der Waals surface area contributed by atoms with Gasteiger partial charge in [-0.15, -0.1) is 23.2 Å². The van der Waals surface area contributed by atoms with Crippen molar-refractivity contribution in [2.24, 2.45) is 0 Å². The second-order valence-corrected chi connectivity index (χ2v) is 6.66. The van der Waals surface area contributed by atoms with E-state index < -0.39 is 20.2 Å². The molecule has 9 heteroatoms. The average Bonchev–Trinajstić information content (AvgIpc) is 1.84. The zero-order valence-corrected chi connectivity index (χ0v) is 10.2. The first kappa shape index (κ1) is 14.2. The van der Waals surface area contributed by atoms with E-state index in [4.69, 9.17) is 23.2 Å². The van der Waals surface area contributed by atoms with E-state index in [1.165, 1.54) is 0 Å². The van der Waals surface area contributed by atoms with Crippen LogP contribution in [-0.2, 0) is 0 Å². The molecule has 0 unspecified atom stereocenters. The van der Waals surface area contributed by atoms with Crippen molar-refractivity contribution in [3.05, 3.63) is 0 Å². The molecule has 0 saturated heterocycles. The summed E-state index contributed by atoms with van der Waals surface area (Å²) < 4.78 is 57.5. The molecule has 0 spiro atoms. The Hall–Kier alpha value is 1.19. The fourth-order valence-electron chi connectivity index (χ4n) is 0.326. The first-order chi connectivity index (χ1) is 5.44. The summed E-state index contributed by atoms with van der Waals surface area (Å²) >= 11 is 14.1. The van der Waals surface area contributed by atoms with Crippen LogP contribution in [-0.4, -0.2) is 20.2 Å². The quantitative estimate of drug-likeness (QED) is 0.494. The standard InChI is InChI=1S/C4HBr2Cl2F5/c5-2(6,1(7)8)3(9,10)4(11,12)13/h1H. The number of halogens is 9. The van der Waals surface area contributed by atoms with Gasteiger partial charge in [0.15, 0.2) is 3.23 Å². The smallest absolute Gasteiger partial charge is 0.194 e. The molecule has 0 amide bonds. The lowest BCUT2D eigenvalue weighted by atomic mass is 10.2. The summed E-state index contributed by atoms with van der Waals surface area (Å²) in [5, 5.41) is 0. The van der Waals surface area contributed by atoms with Crippen molar-refractivity contribution in [3.63, 3.8) is 0 Å². The zero-order chi connectivity index (χ0) is 11.1. The van der Waals surface area contributed by atoms with Crippen LogP contribution in [0.1, 0.15) is 0 Å². The third-order valence-corrected chi connectivity index (χ3v) is 4.67. The Morgan fingerprint density at radius 1 is 0.923 bits per heavy atom. The van der Waals surface area contributed by atoms with Crippen LogP contribution in [0.4, 0.5) is 22.0 Å². The van der Waals surface area contributed by atoms with E-state index in [9.17, 15) is 22.0 Å². The SMILES string of the molecule is FC(F)(F)C(F)(F)C(Br)(Br)C(Cl)Cl. The summed E-state index contributed by atoms with van der Waals surface area (Å²) in [5.41, 5.74) is 0. The van der Waals surface area contributed by atoms with E-state index in [0.717, 1.165) is 0 Å². The maximum atomic E-state index is 12.6. The van der Waals surface area contributed by atoms with Crippen molar-refractivity contribution in [1.82, 2.24) is 0 Å². The largest absolute Gasteiger partial charge is 0.455 e. The fourth-order valence-corrected chi connectivity index (χ4v) is 1.05. The van der Waals surface area contributed by atoms with Crippen molar-refractivity contribution in [2.75, 3.05) is 0 Å². The molecule has 0 aliphatic heterocycles. The van der Waals surface area contributed by atoms with Crippen LogP contribution in [0, 0.1) is 0 Å². The lowest BCUT2D eigenvalue weighted by Gasteiger charge is -2.32. The molecule has 0 saturated carbocycles.